The smallest absolute Gasteiger partial charge is 0.319 e. The van der Waals surface area contributed by atoms with E-state index in [1.165, 1.54) is 19.2 Å². The molecule has 4 rings (SSSR count). The largest absolute Gasteiger partial charge is 0.474 e. The quantitative estimate of drug-likeness (QED) is 0.712. The summed E-state index contributed by atoms with van der Waals surface area (Å²) in [6.45, 7) is 1.13. The SMILES string of the molecule is COc1nccc(OC2CCN(C(=O)c3cc(-c4ccc(F)cc4)n[nH]3)CC2)n1. The minimum absolute atomic E-state index is 0.0322. The van der Waals surface area contributed by atoms with Crippen LogP contribution in [0.3, 0.4) is 0 Å². The van der Waals surface area contributed by atoms with Crippen LogP contribution in [0, 0.1) is 5.82 Å². The van der Waals surface area contributed by atoms with E-state index in [0.717, 1.165) is 5.56 Å². The number of carbonyl (C=O) groups excluding carboxylic acids is 1. The van der Waals surface area contributed by atoms with E-state index in [-0.39, 0.29) is 23.8 Å². The Morgan fingerprint density at radius 2 is 1.97 bits per heavy atom. The fourth-order valence-electron chi connectivity index (χ4n) is 3.21. The Morgan fingerprint density at radius 1 is 1.21 bits per heavy atom. The molecule has 0 saturated carbocycles. The second-order valence-corrected chi connectivity index (χ2v) is 6.66. The number of piperidine rings is 1. The molecule has 1 fully saturated rings. The van der Waals surface area contributed by atoms with Crippen LogP contribution < -0.4 is 9.47 Å². The molecule has 3 heterocycles. The number of amides is 1. The van der Waals surface area contributed by atoms with Gasteiger partial charge in [-0.15, -0.1) is 0 Å². The van der Waals surface area contributed by atoms with Crippen LogP contribution in [0.4, 0.5) is 4.39 Å². The van der Waals surface area contributed by atoms with Crippen molar-refractivity contribution >= 4 is 5.91 Å². The van der Waals surface area contributed by atoms with Gasteiger partial charge < -0.3 is 14.4 Å². The van der Waals surface area contributed by atoms with E-state index < -0.39 is 0 Å². The molecule has 1 amide bonds. The Kier molecular flexibility index (Phi) is 5.37. The Hall–Kier alpha value is -3.49. The summed E-state index contributed by atoms with van der Waals surface area (Å²) in [6, 6.07) is 9.61. The predicted molar refractivity (Wildman–Crippen MR) is 102 cm³/mol. The van der Waals surface area contributed by atoms with E-state index in [0.29, 0.717) is 43.2 Å². The second kappa shape index (κ2) is 8.26. The van der Waals surface area contributed by atoms with Crippen LogP contribution in [0.2, 0.25) is 0 Å². The van der Waals surface area contributed by atoms with Crippen molar-refractivity contribution < 1.29 is 18.7 Å². The van der Waals surface area contributed by atoms with Crippen LogP contribution in [-0.2, 0) is 0 Å². The molecule has 0 bridgehead atoms. The molecule has 0 radical (unpaired) electrons. The number of aromatic amines is 1. The average Bonchev–Trinajstić information content (AvgIpc) is 3.25. The summed E-state index contributed by atoms with van der Waals surface area (Å²) in [5.41, 5.74) is 1.75. The molecule has 3 aromatic rings. The van der Waals surface area contributed by atoms with Gasteiger partial charge in [-0.3, -0.25) is 9.89 Å². The van der Waals surface area contributed by atoms with E-state index in [2.05, 4.69) is 20.2 Å². The van der Waals surface area contributed by atoms with Crippen molar-refractivity contribution in [2.24, 2.45) is 0 Å². The lowest BCUT2D eigenvalue weighted by Gasteiger charge is -2.31. The maximum atomic E-state index is 13.1. The number of methoxy groups -OCH3 is 1. The third-order valence-electron chi connectivity index (χ3n) is 4.76. The highest BCUT2D eigenvalue weighted by atomic mass is 19.1. The molecule has 150 valence electrons. The third kappa shape index (κ3) is 4.34. The number of nitrogens with zero attached hydrogens (tertiary/aromatic N) is 4. The molecule has 1 aliphatic rings. The first kappa shape index (κ1) is 18.9. The van der Waals surface area contributed by atoms with E-state index >= 15 is 0 Å². The number of rotatable bonds is 5. The minimum atomic E-state index is -0.314. The van der Waals surface area contributed by atoms with E-state index in [1.807, 2.05) is 0 Å². The van der Waals surface area contributed by atoms with Gasteiger partial charge in [0.2, 0.25) is 5.88 Å². The Morgan fingerprint density at radius 3 is 2.69 bits per heavy atom. The van der Waals surface area contributed by atoms with Gasteiger partial charge in [-0.25, -0.2) is 9.37 Å². The summed E-state index contributed by atoms with van der Waals surface area (Å²) in [5.74, 6) is 0.0261. The summed E-state index contributed by atoms with van der Waals surface area (Å²) in [7, 11) is 1.50. The van der Waals surface area contributed by atoms with Gasteiger partial charge in [-0.1, -0.05) is 0 Å². The third-order valence-corrected chi connectivity index (χ3v) is 4.76. The standard InChI is InChI=1S/C20H20FN5O3/c1-28-20-22-9-6-18(23-20)29-15-7-10-26(11-8-15)19(27)17-12-16(24-25-17)13-2-4-14(21)5-3-13/h2-6,9,12,15H,7-8,10-11H2,1H3,(H,24,25). The number of benzene rings is 1. The van der Waals surface area contributed by atoms with Crippen LogP contribution in [0.1, 0.15) is 23.3 Å². The monoisotopic (exact) mass is 397 g/mol. The minimum Gasteiger partial charge on any atom is -0.474 e. The van der Waals surface area contributed by atoms with Crippen molar-refractivity contribution in [2.75, 3.05) is 20.2 Å². The van der Waals surface area contributed by atoms with E-state index in [4.69, 9.17) is 9.47 Å². The summed E-state index contributed by atoms with van der Waals surface area (Å²) in [6.07, 6.45) is 2.93. The van der Waals surface area contributed by atoms with Crippen molar-refractivity contribution in [3.8, 4) is 23.1 Å². The second-order valence-electron chi connectivity index (χ2n) is 6.66. The maximum Gasteiger partial charge on any atom is 0.319 e. The first-order chi connectivity index (χ1) is 14.1. The summed E-state index contributed by atoms with van der Waals surface area (Å²) in [4.78, 5) is 22.6. The number of H-pyrrole nitrogens is 1. The van der Waals surface area contributed by atoms with Gasteiger partial charge in [-0.05, 0) is 30.3 Å². The van der Waals surface area contributed by atoms with Crippen LogP contribution >= 0.6 is 0 Å². The number of aromatic nitrogens is 4. The maximum absolute atomic E-state index is 13.1. The molecule has 0 unspecified atom stereocenters. The van der Waals surface area contributed by atoms with Gasteiger partial charge in [0.1, 0.15) is 17.6 Å². The number of halogens is 1. The number of ether oxygens (including phenoxy) is 2. The highest BCUT2D eigenvalue weighted by Crippen LogP contribution is 2.22. The molecule has 2 aromatic heterocycles. The van der Waals surface area contributed by atoms with Gasteiger partial charge in [0.15, 0.2) is 0 Å². The number of hydrogen-bond donors (Lipinski definition) is 1. The lowest BCUT2D eigenvalue weighted by Crippen LogP contribution is -2.42. The summed E-state index contributed by atoms with van der Waals surface area (Å²) in [5, 5.41) is 6.96. The molecule has 8 nitrogen and oxygen atoms in total. The van der Waals surface area contributed by atoms with Crippen molar-refractivity contribution in [1.29, 1.82) is 0 Å². The van der Waals surface area contributed by atoms with Gasteiger partial charge in [0, 0.05) is 43.8 Å². The fourth-order valence-corrected chi connectivity index (χ4v) is 3.21. The first-order valence-corrected chi connectivity index (χ1v) is 9.26. The highest BCUT2D eigenvalue weighted by molar-refractivity contribution is 5.93. The molecule has 1 N–H and O–H groups in total. The zero-order valence-electron chi connectivity index (χ0n) is 15.8. The molecule has 29 heavy (non-hydrogen) atoms. The van der Waals surface area contributed by atoms with Crippen molar-refractivity contribution in [2.45, 2.75) is 18.9 Å². The van der Waals surface area contributed by atoms with Crippen molar-refractivity contribution in [3.05, 3.63) is 54.1 Å². The highest BCUT2D eigenvalue weighted by Gasteiger charge is 2.26. The zero-order valence-corrected chi connectivity index (χ0v) is 15.8. The molecule has 1 saturated heterocycles. The average molecular weight is 397 g/mol. The molecule has 0 atom stereocenters. The Balaban J connectivity index is 1.35. The van der Waals surface area contributed by atoms with Crippen LogP contribution in [0.5, 0.6) is 11.9 Å². The van der Waals surface area contributed by atoms with Crippen LogP contribution in [0.25, 0.3) is 11.3 Å². The topological polar surface area (TPSA) is 93.2 Å². The van der Waals surface area contributed by atoms with Crippen LogP contribution in [0.15, 0.2) is 42.6 Å². The number of hydrogen-bond acceptors (Lipinski definition) is 6. The Labute approximate surface area is 166 Å². The predicted octanol–water partition coefficient (Wildman–Crippen LogP) is 2.70. The van der Waals surface area contributed by atoms with Crippen LogP contribution in [-0.4, -0.2) is 57.3 Å². The molecule has 0 aliphatic carbocycles. The fraction of sp³-hybridized carbons (Fsp3) is 0.300. The lowest BCUT2D eigenvalue weighted by atomic mass is 10.1. The number of likely N-dealkylation sites (tertiary alicyclic amines) is 1. The molecule has 1 aliphatic heterocycles. The number of carbonyl (C=O) groups is 1. The van der Waals surface area contributed by atoms with Gasteiger partial charge in [0.25, 0.3) is 5.91 Å². The molecule has 0 spiro atoms. The first-order valence-electron chi connectivity index (χ1n) is 9.26. The van der Waals surface area contributed by atoms with Crippen molar-refractivity contribution in [3.63, 3.8) is 0 Å². The lowest BCUT2D eigenvalue weighted by molar-refractivity contribution is 0.0581. The van der Waals surface area contributed by atoms with E-state index in [1.54, 1.807) is 35.4 Å². The van der Waals surface area contributed by atoms with E-state index in [9.17, 15) is 9.18 Å². The molecular weight excluding hydrogens is 377 g/mol. The van der Waals surface area contributed by atoms with Crippen molar-refractivity contribution in [1.82, 2.24) is 25.1 Å². The van der Waals surface area contributed by atoms with Gasteiger partial charge in [0.05, 0.1) is 12.8 Å². The summed E-state index contributed by atoms with van der Waals surface area (Å²) >= 11 is 0. The number of nitrogens with one attached hydrogen (secondary N) is 1. The molecule has 9 heteroatoms. The van der Waals surface area contributed by atoms with Gasteiger partial charge >= 0.3 is 6.01 Å². The summed E-state index contributed by atoms with van der Waals surface area (Å²) < 4.78 is 24.0. The zero-order chi connectivity index (χ0) is 20.2. The normalized spacial score (nSPS) is 14.6. The Bertz CT molecular complexity index is 984. The molecule has 1 aromatic carbocycles. The molecular formula is C20H20FN5O3. The van der Waals surface area contributed by atoms with Gasteiger partial charge in [-0.2, -0.15) is 10.1 Å².